The van der Waals surface area contributed by atoms with Crippen LogP contribution in [0, 0.1) is 0 Å². The van der Waals surface area contributed by atoms with Gasteiger partial charge >= 0.3 is 0 Å². The smallest absolute Gasteiger partial charge is 0.242 e. The number of rotatable bonds is 7. The van der Waals surface area contributed by atoms with E-state index in [4.69, 9.17) is 0 Å². The molecule has 1 fully saturated rings. The zero-order valence-electron chi connectivity index (χ0n) is 14.8. The van der Waals surface area contributed by atoms with Crippen LogP contribution < -0.4 is 5.32 Å². The molecule has 1 aliphatic rings. The molecule has 0 radical (unpaired) electrons. The van der Waals surface area contributed by atoms with Gasteiger partial charge in [-0.2, -0.15) is 0 Å². The second-order valence-electron chi connectivity index (χ2n) is 6.90. The second-order valence-corrected chi connectivity index (χ2v) is 6.90. The lowest BCUT2D eigenvalue weighted by Gasteiger charge is -2.36. The summed E-state index contributed by atoms with van der Waals surface area (Å²) in [5, 5.41) is 3.25. The van der Waals surface area contributed by atoms with E-state index in [1.807, 2.05) is 32.7 Å². The Kier molecular flexibility index (Phi) is 7.10. The zero-order valence-corrected chi connectivity index (χ0v) is 14.8. The number of hydrogen-bond acceptors (Lipinski definition) is 4. The predicted molar refractivity (Wildman–Crippen MR) is 88.5 cm³/mol. The van der Waals surface area contributed by atoms with E-state index in [0.29, 0.717) is 6.04 Å². The van der Waals surface area contributed by atoms with Gasteiger partial charge in [-0.1, -0.05) is 6.92 Å². The van der Waals surface area contributed by atoms with Crippen LogP contribution in [0.4, 0.5) is 0 Å². The third-order valence-corrected chi connectivity index (χ3v) is 4.60. The minimum Gasteiger partial charge on any atom is -0.343 e. The van der Waals surface area contributed by atoms with Crippen LogP contribution in [0.15, 0.2) is 0 Å². The van der Waals surface area contributed by atoms with Gasteiger partial charge in [-0.05, 0) is 60.4 Å². The summed E-state index contributed by atoms with van der Waals surface area (Å²) in [4.78, 5) is 19.1. The lowest BCUT2D eigenvalue weighted by Crippen LogP contribution is -2.54. The topological polar surface area (TPSA) is 38.8 Å². The molecule has 0 aromatic carbocycles. The van der Waals surface area contributed by atoms with Gasteiger partial charge in [0.05, 0.1) is 5.54 Å². The SMILES string of the molecule is CCNC(C)(C)C(=O)N(C)CCN(C)C1CCN(C)CC1. The molecular formula is C16H34N4O. The fourth-order valence-electron chi connectivity index (χ4n) is 3.02. The Labute approximate surface area is 130 Å². The number of likely N-dealkylation sites (tertiary alicyclic amines) is 1. The van der Waals surface area contributed by atoms with E-state index in [2.05, 4.69) is 29.2 Å². The lowest BCUT2D eigenvalue weighted by atomic mass is 10.0. The van der Waals surface area contributed by atoms with Crippen LogP contribution in [-0.4, -0.2) is 86.1 Å². The molecule has 124 valence electrons. The molecule has 5 heteroatoms. The van der Waals surface area contributed by atoms with Crippen molar-refractivity contribution in [2.24, 2.45) is 0 Å². The summed E-state index contributed by atoms with van der Waals surface area (Å²) in [5.74, 6) is 0.168. The maximum Gasteiger partial charge on any atom is 0.242 e. The molecule has 0 saturated carbocycles. The van der Waals surface area contributed by atoms with E-state index in [0.717, 1.165) is 19.6 Å². The second kappa shape index (κ2) is 8.11. The van der Waals surface area contributed by atoms with E-state index < -0.39 is 5.54 Å². The van der Waals surface area contributed by atoms with Gasteiger partial charge in [0.2, 0.25) is 5.91 Å². The average molecular weight is 298 g/mol. The number of carbonyl (C=O) groups is 1. The Balaban J connectivity index is 2.38. The number of carbonyl (C=O) groups excluding carboxylic acids is 1. The Morgan fingerprint density at radius 3 is 2.33 bits per heavy atom. The van der Waals surface area contributed by atoms with Gasteiger partial charge < -0.3 is 20.0 Å². The standard InChI is InChI=1S/C16H34N4O/c1-7-17-16(2,3)15(21)20(6)13-12-19(5)14-8-10-18(4)11-9-14/h14,17H,7-13H2,1-6H3. The van der Waals surface area contributed by atoms with Crippen molar-refractivity contribution in [2.45, 2.75) is 45.2 Å². The number of likely N-dealkylation sites (N-methyl/N-ethyl adjacent to an activating group) is 3. The first-order valence-corrected chi connectivity index (χ1v) is 8.17. The first-order chi connectivity index (χ1) is 9.77. The van der Waals surface area contributed by atoms with Gasteiger partial charge in [-0.3, -0.25) is 4.79 Å². The first kappa shape index (κ1) is 18.4. The summed E-state index contributed by atoms with van der Waals surface area (Å²) in [6.07, 6.45) is 2.46. The van der Waals surface area contributed by atoms with E-state index in [1.165, 1.54) is 25.9 Å². The van der Waals surface area contributed by atoms with Crippen LogP contribution >= 0.6 is 0 Å². The zero-order chi connectivity index (χ0) is 16.0. The molecule has 21 heavy (non-hydrogen) atoms. The summed E-state index contributed by atoms with van der Waals surface area (Å²) in [5.41, 5.74) is -0.477. The van der Waals surface area contributed by atoms with Crippen LogP contribution in [0.25, 0.3) is 0 Å². The third kappa shape index (κ3) is 5.57. The van der Waals surface area contributed by atoms with E-state index >= 15 is 0 Å². The van der Waals surface area contributed by atoms with Gasteiger partial charge in [0.25, 0.3) is 0 Å². The van der Waals surface area contributed by atoms with Crippen molar-refractivity contribution in [3.63, 3.8) is 0 Å². The summed E-state index contributed by atoms with van der Waals surface area (Å²) < 4.78 is 0. The molecule has 1 aliphatic heterocycles. The number of amides is 1. The maximum atomic E-state index is 12.4. The highest BCUT2D eigenvalue weighted by Crippen LogP contribution is 2.14. The van der Waals surface area contributed by atoms with Crippen LogP contribution in [0.2, 0.25) is 0 Å². The van der Waals surface area contributed by atoms with Crippen molar-refractivity contribution >= 4 is 5.91 Å². The third-order valence-electron chi connectivity index (χ3n) is 4.60. The Bertz CT molecular complexity index is 324. The fraction of sp³-hybridized carbons (Fsp3) is 0.938. The molecule has 0 spiro atoms. The summed E-state index contributed by atoms with van der Waals surface area (Å²) >= 11 is 0. The largest absolute Gasteiger partial charge is 0.343 e. The summed E-state index contributed by atoms with van der Waals surface area (Å²) in [7, 11) is 6.28. The first-order valence-electron chi connectivity index (χ1n) is 8.17. The highest BCUT2D eigenvalue weighted by atomic mass is 16.2. The summed E-state index contributed by atoms with van der Waals surface area (Å²) in [6, 6.07) is 0.659. The molecule has 1 rings (SSSR count). The average Bonchev–Trinajstić information content (AvgIpc) is 2.44. The molecule has 0 aromatic rings. The van der Waals surface area contributed by atoms with Gasteiger partial charge in [0.15, 0.2) is 0 Å². The quantitative estimate of drug-likeness (QED) is 0.757. The molecule has 0 aromatic heterocycles. The number of nitrogens with one attached hydrogen (secondary N) is 1. The van der Waals surface area contributed by atoms with Crippen molar-refractivity contribution in [1.82, 2.24) is 20.0 Å². The number of nitrogens with zero attached hydrogens (tertiary/aromatic N) is 3. The summed E-state index contributed by atoms with van der Waals surface area (Å²) in [6.45, 7) is 10.8. The van der Waals surface area contributed by atoms with Crippen LogP contribution in [0.1, 0.15) is 33.6 Å². The van der Waals surface area contributed by atoms with Crippen molar-refractivity contribution in [1.29, 1.82) is 0 Å². The minimum atomic E-state index is -0.477. The Hall–Kier alpha value is -0.650. The van der Waals surface area contributed by atoms with E-state index in [9.17, 15) is 4.79 Å². The highest BCUT2D eigenvalue weighted by molar-refractivity contribution is 5.85. The number of piperidine rings is 1. The molecule has 1 heterocycles. The van der Waals surface area contributed by atoms with Crippen molar-refractivity contribution in [2.75, 3.05) is 53.9 Å². The van der Waals surface area contributed by atoms with Gasteiger partial charge in [0, 0.05) is 26.2 Å². The molecule has 1 amide bonds. The molecule has 0 unspecified atom stereocenters. The Morgan fingerprint density at radius 1 is 1.24 bits per heavy atom. The molecular weight excluding hydrogens is 264 g/mol. The minimum absolute atomic E-state index is 0.168. The lowest BCUT2D eigenvalue weighted by molar-refractivity contribution is -0.136. The number of hydrogen-bond donors (Lipinski definition) is 1. The van der Waals surface area contributed by atoms with Crippen LogP contribution in [0.5, 0.6) is 0 Å². The van der Waals surface area contributed by atoms with Crippen LogP contribution in [-0.2, 0) is 4.79 Å². The van der Waals surface area contributed by atoms with Gasteiger partial charge in [-0.25, -0.2) is 0 Å². The molecule has 0 aliphatic carbocycles. The van der Waals surface area contributed by atoms with Gasteiger partial charge in [0.1, 0.15) is 0 Å². The molecule has 5 nitrogen and oxygen atoms in total. The highest BCUT2D eigenvalue weighted by Gasteiger charge is 2.29. The van der Waals surface area contributed by atoms with Crippen molar-refractivity contribution < 1.29 is 4.79 Å². The maximum absolute atomic E-state index is 12.4. The molecule has 1 saturated heterocycles. The molecule has 0 atom stereocenters. The molecule has 1 N–H and O–H groups in total. The fourth-order valence-corrected chi connectivity index (χ4v) is 3.02. The normalized spacial score (nSPS) is 18.2. The molecule has 0 bridgehead atoms. The van der Waals surface area contributed by atoms with Gasteiger partial charge in [-0.15, -0.1) is 0 Å². The monoisotopic (exact) mass is 298 g/mol. The van der Waals surface area contributed by atoms with E-state index in [1.54, 1.807) is 0 Å². The predicted octanol–water partition coefficient (Wildman–Crippen LogP) is 0.859. The van der Waals surface area contributed by atoms with Crippen molar-refractivity contribution in [3.8, 4) is 0 Å². The van der Waals surface area contributed by atoms with Crippen LogP contribution in [0.3, 0.4) is 0 Å². The van der Waals surface area contributed by atoms with E-state index in [-0.39, 0.29) is 5.91 Å². The Morgan fingerprint density at radius 2 is 1.81 bits per heavy atom. The van der Waals surface area contributed by atoms with Crippen molar-refractivity contribution in [3.05, 3.63) is 0 Å².